The van der Waals surface area contributed by atoms with E-state index in [-0.39, 0.29) is 5.75 Å². The number of carbonyl (C=O) groups is 1. The van der Waals surface area contributed by atoms with Gasteiger partial charge in [0.15, 0.2) is 12.1 Å². The van der Waals surface area contributed by atoms with E-state index in [0.717, 1.165) is 0 Å². The Labute approximate surface area is 86.2 Å². The lowest BCUT2D eigenvalue weighted by molar-refractivity contribution is 0.111. The van der Waals surface area contributed by atoms with Crippen molar-refractivity contribution in [1.82, 2.24) is 9.97 Å². The lowest BCUT2D eigenvalue weighted by Gasteiger charge is -2.00. The summed E-state index contributed by atoms with van der Waals surface area (Å²) in [4.78, 5) is 18.5. The molecule has 0 bridgehead atoms. The summed E-state index contributed by atoms with van der Waals surface area (Å²) in [6.45, 7) is 0. The number of benzene rings is 1. The molecular weight excluding hydrogens is 192 g/mol. The molecule has 0 amide bonds. The molecule has 0 aliphatic carbocycles. The Morgan fingerprint density at radius 3 is 2.87 bits per heavy atom. The molecule has 1 heterocycles. The molecule has 0 aliphatic heterocycles. The van der Waals surface area contributed by atoms with E-state index in [0.29, 0.717) is 23.4 Å². The molecule has 0 fully saturated rings. The van der Waals surface area contributed by atoms with E-state index < -0.39 is 0 Å². The third-order valence-electron chi connectivity index (χ3n) is 1.90. The largest absolute Gasteiger partial charge is 0.508 e. The summed E-state index contributed by atoms with van der Waals surface area (Å²) in [6.07, 6.45) is 2.17. The van der Waals surface area contributed by atoms with Crippen LogP contribution in [-0.2, 0) is 0 Å². The highest BCUT2D eigenvalue weighted by Gasteiger charge is 2.02. The molecule has 4 nitrogen and oxygen atoms in total. The van der Waals surface area contributed by atoms with Gasteiger partial charge in [-0.25, -0.2) is 9.97 Å². The fraction of sp³-hybridized carbons (Fsp3) is 0. The Morgan fingerprint density at radius 1 is 1.27 bits per heavy atom. The number of aromatic nitrogens is 2. The predicted molar refractivity (Wildman–Crippen MR) is 54.5 cm³/mol. The first-order valence-corrected chi connectivity index (χ1v) is 4.37. The molecule has 0 aliphatic rings. The molecular formula is C11H8N2O2. The van der Waals surface area contributed by atoms with Crippen molar-refractivity contribution in [2.45, 2.75) is 0 Å². The lowest BCUT2D eigenvalue weighted by atomic mass is 10.2. The minimum Gasteiger partial charge on any atom is -0.508 e. The van der Waals surface area contributed by atoms with Crippen molar-refractivity contribution >= 4 is 6.29 Å². The molecule has 15 heavy (non-hydrogen) atoms. The smallest absolute Gasteiger partial charge is 0.168 e. The van der Waals surface area contributed by atoms with Crippen molar-refractivity contribution in [1.29, 1.82) is 0 Å². The van der Waals surface area contributed by atoms with Gasteiger partial charge in [0.25, 0.3) is 0 Å². The molecule has 0 saturated heterocycles. The average molecular weight is 200 g/mol. The maximum absolute atomic E-state index is 10.5. The first kappa shape index (κ1) is 9.33. The Hall–Kier alpha value is -2.23. The van der Waals surface area contributed by atoms with E-state index in [4.69, 9.17) is 0 Å². The summed E-state index contributed by atoms with van der Waals surface area (Å²) in [5.74, 6) is 0.572. The molecule has 0 saturated carbocycles. The van der Waals surface area contributed by atoms with Crippen molar-refractivity contribution in [2.75, 3.05) is 0 Å². The van der Waals surface area contributed by atoms with Gasteiger partial charge in [-0.05, 0) is 18.2 Å². The predicted octanol–water partition coefficient (Wildman–Crippen LogP) is 1.66. The average Bonchev–Trinajstić information content (AvgIpc) is 2.29. The van der Waals surface area contributed by atoms with Crippen LogP contribution in [0.3, 0.4) is 0 Å². The Kier molecular flexibility index (Phi) is 2.41. The Balaban J connectivity index is 2.49. The third-order valence-corrected chi connectivity index (χ3v) is 1.90. The number of nitrogens with zero attached hydrogens (tertiary/aromatic N) is 2. The number of hydrogen-bond donors (Lipinski definition) is 1. The quantitative estimate of drug-likeness (QED) is 0.749. The van der Waals surface area contributed by atoms with Crippen LogP contribution in [0.1, 0.15) is 10.5 Å². The van der Waals surface area contributed by atoms with E-state index in [1.54, 1.807) is 24.3 Å². The molecule has 1 aromatic heterocycles. The zero-order valence-corrected chi connectivity index (χ0v) is 7.79. The van der Waals surface area contributed by atoms with Gasteiger partial charge in [-0.2, -0.15) is 0 Å². The monoisotopic (exact) mass is 200 g/mol. The second kappa shape index (κ2) is 3.88. The summed E-state index contributed by atoms with van der Waals surface area (Å²) >= 11 is 0. The summed E-state index contributed by atoms with van der Waals surface area (Å²) in [7, 11) is 0. The van der Waals surface area contributed by atoms with Gasteiger partial charge >= 0.3 is 0 Å². The summed E-state index contributed by atoms with van der Waals surface area (Å²) in [6, 6.07) is 8.10. The van der Waals surface area contributed by atoms with E-state index in [2.05, 4.69) is 9.97 Å². The van der Waals surface area contributed by atoms with Crippen molar-refractivity contribution in [3.63, 3.8) is 0 Å². The van der Waals surface area contributed by atoms with Crippen LogP contribution in [0.15, 0.2) is 36.5 Å². The molecule has 1 N–H and O–H groups in total. The highest BCUT2D eigenvalue weighted by atomic mass is 16.3. The zero-order chi connectivity index (χ0) is 10.7. The fourth-order valence-electron chi connectivity index (χ4n) is 1.22. The minimum atomic E-state index is 0.146. The number of phenols is 1. The van der Waals surface area contributed by atoms with Crippen LogP contribution in [0.4, 0.5) is 0 Å². The van der Waals surface area contributed by atoms with E-state index >= 15 is 0 Å². The number of rotatable bonds is 2. The molecule has 0 unspecified atom stereocenters. The molecule has 74 valence electrons. The van der Waals surface area contributed by atoms with Crippen LogP contribution in [0.2, 0.25) is 0 Å². The first-order valence-electron chi connectivity index (χ1n) is 4.37. The number of carbonyl (C=O) groups excluding carboxylic acids is 1. The van der Waals surface area contributed by atoms with Crippen molar-refractivity contribution in [3.05, 3.63) is 42.2 Å². The molecule has 1 aromatic carbocycles. The number of aldehydes is 1. The van der Waals surface area contributed by atoms with Crippen molar-refractivity contribution in [3.8, 4) is 17.1 Å². The Morgan fingerprint density at radius 2 is 2.13 bits per heavy atom. The van der Waals surface area contributed by atoms with Crippen molar-refractivity contribution in [2.24, 2.45) is 0 Å². The molecule has 2 aromatic rings. The lowest BCUT2D eigenvalue weighted by Crippen LogP contribution is -1.92. The van der Waals surface area contributed by atoms with Gasteiger partial charge < -0.3 is 5.11 Å². The van der Waals surface area contributed by atoms with Crippen LogP contribution >= 0.6 is 0 Å². The number of hydrogen-bond acceptors (Lipinski definition) is 4. The van der Waals surface area contributed by atoms with Gasteiger partial charge in [0.05, 0.1) is 0 Å². The molecule has 4 heteroatoms. The molecule has 0 radical (unpaired) electrons. The first-order chi connectivity index (χ1) is 7.29. The second-order valence-electron chi connectivity index (χ2n) is 2.97. The van der Waals surface area contributed by atoms with Crippen LogP contribution in [0.25, 0.3) is 11.4 Å². The highest BCUT2D eigenvalue weighted by Crippen LogP contribution is 2.19. The van der Waals surface area contributed by atoms with Gasteiger partial charge in [0.1, 0.15) is 11.4 Å². The molecule has 0 atom stereocenters. The van der Waals surface area contributed by atoms with Crippen molar-refractivity contribution < 1.29 is 9.90 Å². The van der Waals surface area contributed by atoms with Gasteiger partial charge in [0.2, 0.25) is 0 Å². The fourth-order valence-corrected chi connectivity index (χ4v) is 1.22. The van der Waals surface area contributed by atoms with Crippen LogP contribution in [0.5, 0.6) is 5.75 Å². The SMILES string of the molecule is O=Cc1ccnc(-c2cccc(O)c2)n1. The number of aromatic hydroxyl groups is 1. The van der Waals surface area contributed by atoms with Crippen LogP contribution < -0.4 is 0 Å². The highest BCUT2D eigenvalue weighted by molar-refractivity contribution is 5.72. The molecule has 0 spiro atoms. The maximum atomic E-state index is 10.5. The van der Waals surface area contributed by atoms with Gasteiger partial charge in [-0.1, -0.05) is 12.1 Å². The van der Waals surface area contributed by atoms with Crippen LogP contribution in [-0.4, -0.2) is 21.4 Å². The van der Waals surface area contributed by atoms with E-state index in [1.165, 1.54) is 12.3 Å². The standard InChI is InChI=1S/C11H8N2O2/c14-7-9-4-5-12-11(13-9)8-2-1-3-10(15)6-8/h1-7,15H. The third kappa shape index (κ3) is 1.99. The number of phenolic OH excluding ortho intramolecular Hbond substituents is 1. The normalized spacial score (nSPS) is 9.87. The zero-order valence-electron chi connectivity index (χ0n) is 7.79. The summed E-state index contributed by atoms with van der Waals surface area (Å²) in [5.41, 5.74) is 1.00. The second-order valence-corrected chi connectivity index (χ2v) is 2.97. The summed E-state index contributed by atoms with van der Waals surface area (Å²) < 4.78 is 0. The topological polar surface area (TPSA) is 63.1 Å². The van der Waals surface area contributed by atoms with E-state index in [9.17, 15) is 9.90 Å². The van der Waals surface area contributed by atoms with Gasteiger partial charge in [-0.3, -0.25) is 4.79 Å². The van der Waals surface area contributed by atoms with E-state index in [1.807, 2.05) is 0 Å². The van der Waals surface area contributed by atoms with Gasteiger partial charge in [0, 0.05) is 11.8 Å². The maximum Gasteiger partial charge on any atom is 0.168 e. The molecule has 2 rings (SSSR count). The van der Waals surface area contributed by atoms with Gasteiger partial charge in [-0.15, -0.1) is 0 Å². The Bertz CT molecular complexity index is 497. The minimum absolute atomic E-state index is 0.146. The summed E-state index contributed by atoms with van der Waals surface area (Å²) in [5, 5.41) is 9.28. The van der Waals surface area contributed by atoms with Crippen LogP contribution in [0, 0.1) is 0 Å².